The maximum Gasteiger partial charge on any atom is 0.313 e. The number of rotatable bonds is 6. The molecule has 0 aromatic carbocycles. The summed E-state index contributed by atoms with van der Waals surface area (Å²) in [4.78, 5) is 10.6. The van der Waals surface area contributed by atoms with Gasteiger partial charge in [-0.25, -0.2) is 0 Å². The van der Waals surface area contributed by atoms with Gasteiger partial charge in [-0.05, 0) is 18.3 Å². The van der Waals surface area contributed by atoms with E-state index in [0.717, 1.165) is 18.8 Å². The maximum atomic E-state index is 10.6. The molecule has 0 aliphatic heterocycles. The normalized spacial score (nSPS) is 13.5. The first kappa shape index (κ1) is 16.0. The van der Waals surface area contributed by atoms with E-state index in [0.29, 0.717) is 11.1 Å². The Morgan fingerprint density at radius 1 is 1.42 bits per heavy atom. The van der Waals surface area contributed by atoms with Gasteiger partial charge < -0.3 is 9.67 Å². The van der Waals surface area contributed by atoms with Gasteiger partial charge in [0.05, 0.1) is 5.75 Å². The van der Waals surface area contributed by atoms with Crippen molar-refractivity contribution in [3.63, 3.8) is 0 Å². The number of thioether (sulfide) groups is 1. The fourth-order valence-corrected chi connectivity index (χ4v) is 2.34. The summed E-state index contributed by atoms with van der Waals surface area (Å²) < 4.78 is 2.01. The molecule has 6 heteroatoms. The third kappa shape index (κ3) is 4.53. The van der Waals surface area contributed by atoms with Gasteiger partial charge in [0.1, 0.15) is 5.82 Å². The molecule has 0 radical (unpaired) electrons. The Labute approximate surface area is 118 Å². The summed E-state index contributed by atoms with van der Waals surface area (Å²) >= 11 is 1.22. The van der Waals surface area contributed by atoms with Crippen LogP contribution in [0.25, 0.3) is 0 Å². The number of aromatic nitrogens is 3. The Kier molecular flexibility index (Phi) is 5.40. The highest BCUT2D eigenvalue weighted by molar-refractivity contribution is 7.99. The molecule has 0 spiro atoms. The molecule has 1 aromatic heterocycles. The Balaban J connectivity index is 2.82. The van der Waals surface area contributed by atoms with Crippen molar-refractivity contribution >= 4 is 17.7 Å². The molecule has 0 bridgehead atoms. The molecule has 0 saturated heterocycles. The van der Waals surface area contributed by atoms with Crippen molar-refractivity contribution in [3.05, 3.63) is 5.82 Å². The van der Waals surface area contributed by atoms with Crippen LogP contribution in [0.15, 0.2) is 5.16 Å². The topological polar surface area (TPSA) is 68.0 Å². The summed E-state index contributed by atoms with van der Waals surface area (Å²) in [6.07, 6.45) is 0.859. The molecule has 0 aliphatic carbocycles. The van der Waals surface area contributed by atoms with E-state index in [1.165, 1.54) is 11.8 Å². The van der Waals surface area contributed by atoms with E-state index in [1.807, 2.05) is 11.5 Å². The fourth-order valence-electron chi connectivity index (χ4n) is 1.60. The Morgan fingerprint density at radius 3 is 2.53 bits per heavy atom. The van der Waals surface area contributed by atoms with Gasteiger partial charge in [-0.1, -0.05) is 39.5 Å². The number of carboxylic acid groups (broad SMARTS) is 1. The summed E-state index contributed by atoms with van der Waals surface area (Å²) in [5.41, 5.74) is 0.221. The lowest BCUT2D eigenvalue weighted by Gasteiger charge is -2.26. The Hall–Kier alpha value is -1.04. The molecule has 5 nitrogen and oxygen atoms in total. The smallest absolute Gasteiger partial charge is 0.313 e. The second-order valence-electron chi connectivity index (χ2n) is 5.80. The molecular formula is C13H23N3O2S. The van der Waals surface area contributed by atoms with Crippen molar-refractivity contribution in [1.82, 2.24) is 14.8 Å². The molecule has 1 N–H and O–H groups in total. The van der Waals surface area contributed by atoms with E-state index in [1.54, 1.807) is 0 Å². The zero-order valence-electron chi connectivity index (χ0n) is 12.3. The zero-order valence-corrected chi connectivity index (χ0v) is 13.1. The lowest BCUT2D eigenvalue weighted by Crippen LogP contribution is -2.21. The number of carboxylic acids is 1. The molecular weight excluding hydrogens is 262 g/mol. The molecule has 108 valence electrons. The summed E-state index contributed by atoms with van der Waals surface area (Å²) in [5, 5.41) is 17.7. The minimum absolute atomic E-state index is 0.0208. The number of nitrogens with zero attached hydrogens (tertiary/aromatic N) is 3. The van der Waals surface area contributed by atoms with Crippen LogP contribution in [0.3, 0.4) is 0 Å². The third-order valence-corrected chi connectivity index (χ3v) is 4.35. The average Bonchev–Trinajstić information content (AvgIpc) is 2.67. The maximum absolute atomic E-state index is 10.6. The number of aliphatic carboxylic acids is 1. The lowest BCUT2D eigenvalue weighted by atomic mass is 9.80. The second kappa shape index (κ2) is 6.41. The van der Waals surface area contributed by atoms with Gasteiger partial charge in [0.25, 0.3) is 0 Å². The molecule has 19 heavy (non-hydrogen) atoms. The van der Waals surface area contributed by atoms with Crippen molar-refractivity contribution in [2.45, 2.75) is 52.7 Å². The first-order chi connectivity index (χ1) is 8.75. The quantitative estimate of drug-likeness (QED) is 0.814. The van der Waals surface area contributed by atoms with Crippen LogP contribution in [0.2, 0.25) is 0 Å². The van der Waals surface area contributed by atoms with Crippen molar-refractivity contribution < 1.29 is 9.90 Å². The highest BCUT2D eigenvalue weighted by atomic mass is 32.2. The van der Waals surface area contributed by atoms with Crippen LogP contribution >= 0.6 is 11.8 Å². The molecule has 0 amide bonds. The van der Waals surface area contributed by atoms with Crippen molar-refractivity contribution in [2.75, 3.05) is 5.75 Å². The van der Waals surface area contributed by atoms with E-state index in [9.17, 15) is 4.79 Å². The molecule has 1 aromatic rings. The van der Waals surface area contributed by atoms with Crippen LogP contribution in [0.5, 0.6) is 0 Å². The van der Waals surface area contributed by atoms with Crippen molar-refractivity contribution in [2.24, 2.45) is 11.3 Å². The SMILES string of the molecule is CCn1c(CC(C)C(C)(C)C)nnc1SCC(=O)O. The van der Waals surface area contributed by atoms with Crippen LogP contribution in [-0.2, 0) is 17.8 Å². The highest BCUT2D eigenvalue weighted by Crippen LogP contribution is 2.29. The monoisotopic (exact) mass is 285 g/mol. The first-order valence-electron chi connectivity index (χ1n) is 6.52. The summed E-state index contributed by atoms with van der Waals surface area (Å²) in [6.45, 7) is 11.6. The molecule has 1 atom stereocenters. The van der Waals surface area contributed by atoms with Crippen molar-refractivity contribution in [3.8, 4) is 0 Å². The Morgan fingerprint density at radius 2 is 2.05 bits per heavy atom. The van der Waals surface area contributed by atoms with Crippen molar-refractivity contribution in [1.29, 1.82) is 0 Å². The van der Waals surface area contributed by atoms with Gasteiger partial charge in [-0.2, -0.15) is 0 Å². The largest absolute Gasteiger partial charge is 0.481 e. The minimum Gasteiger partial charge on any atom is -0.481 e. The van der Waals surface area contributed by atoms with Crippen LogP contribution in [0, 0.1) is 11.3 Å². The first-order valence-corrected chi connectivity index (χ1v) is 7.51. The van der Waals surface area contributed by atoms with E-state index in [2.05, 4.69) is 37.9 Å². The van der Waals surface area contributed by atoms with E-state index in [4.69, 9.17) is 5.11 Å². The van der Waals surface area contributed by atoms with Gasteiger partial charge >= 0.3 is 5.97 Å². The average molecular weight is 285 g/mol. The second-order valence-corrected chi connectivity index (χ2v) is 6.74. The Bertz CT molecular complexity index is 438. The standard InChI is InChI=1S/C13H23N3O2S/c1-6-16-10(7-9(2)13(3,4)5)14-15-12(16)19-8-11(17)18/h9H,6-8H2,1-5H3,(H,17,18). The predicted molar refractivity (Wildman–Crippen MR) is 76.4 cm³/mol. The molecule has 1 rings (SSSR count). The predicted octanol–water partition coefficient (Wildman–Crippen LogP) is 2.70. The minimum atomic E-state index is -0.833. The van der Waals surface area contributed by atoms with Gasteiger partial charge in [0.15, 0.2) is 5.16 Å². The van der Waals surface area contributed by atoms with Gasteiger partial charge in [0.2, 0.25) is 0 Å². The van der Waals surface area contributed by atoms with E-state index < -0.39 is 5.97 Å². The number of hydrogen-bond acceptors (Lipinski definition) is 4. The number of carbonyl (C=O) groups is 1. The number of hydrogen-bond donors (Lipinski definition) is 1. The van der Waals surface area contributed by atoms with E-state index in [-0.39, 0.29) is 11.2 Å². The highest BCUT2D eigenvalue weighted by Gasteiger charge is 2.23. The van der Waals surface area contributed by atoms with Gasteiger partial charge in [-0.3, -0.25) is 4.79 Å². The van der Waals surface area contributed by atoms with Crippen LogP contribution < -0.4 is 0 Å². The van der Waals surface area contributed by atoms with E-state index >= 15 is 0 Å². The summed E-state index contributed by atoms with van der Waals surface area (Å²) in [6, 6.07) is 0. The van der Waals surface area contributed by atoms with Gasteiger partial charge in [0, 0.05) is 13.0 Å². The molecule has 1 unspecified atom stereocenters. The molecule has 0 fully saturated rings. The zero-order chi connectivity index (χ0) is 14.6. The van der Waals surface area contributed by atoms with Gasteiger partial charge in [-0.15, -0.1) is 10.2 Å². The summed E-state index contributed by atoms with van der Waals surface area (Å²) in [7, 11) is 0. The molecule has 1 heterocycles. The lowest BCUT2D eigenvalue weighted by molar-refractivity contribution is -0.133. The van der Waals surface area contributed by atoms with Crippen LogP contribution in [0.1, 0.15) is 40.4 Å². The summed E-state index contributed by atoms with van der Waals surface area (Å²) in [5.74, 6) is 0.616. The molecule has 0 saturated carbocycles. The fraction of sp³-hybridized carbons (Fsp3) is 0.769. The third-order valence-electron chi connectivity index (χ3n) is 3.40. The van der Waals surface area contributed by atoms with Crippen LogP contribution in [-0.4, -0.2) is 31.6 Å². The molecule has 0 aliphatic rings. The van der Waals surface area contributed by atoms with Crippen LogP contribution in [0.4, 0.5) is 0 Å².